The molecule has 0 aromatic heterocycles. The second-order valence-corrected chi connectivity index (χ2v) is 5.89. The fraction of sp³-hybridized carbons (Fsp3) is 0.565. The van der Waals surface area contributed by atoms with Gasteiger partial charge in [-0.1, -0.05) is 69.1 Å². The summed E-state index contributed by atoms with van der Waals surface area (Å²) in [5, 5.41) is 0. The van der Waals surface area contributed by atoms with E-state index < -0.39 is 0 Å². The normalized spacial score (nSPS) is 21.3. The van der Waals surface area contributed by atoms with Crippen LogP contribution in [0.15, 0.2) is 62.3 Å². The molecule has 0 spiro atoms. The van der Waals surface area contributed by atoms with Crippen molar-refractivity contribution in [3.8, 4) is 0 Å². The molecule has 2 bridgehead atoms. The number of fused-ring (bicyclic) bond motifs is 2. The number of allylic oxidation sites excluding steroid dienone is 6. The SMILES string of the molecule is C/C=C1/CC2C=CC1C2.C=C.C=CCC.C=CCCCCCC. The Labute approximate surface area is 146 Å². The van der Waals surface area contributed by atoms with Crippen LogP contribution in [0.1, 0.15) is 72.1 Å². The van der Waals surface area contributed by atoms with Gasteiger partial charge in [-0.3, -0.25) is 0 Å². The maximum atomic E-state index is 3.66. The molecule has 0 aromatic carbocycles. The van der Waals surface area contributed by atoms with E-state index >= 15 is 0 Å². The van der Waals surface area contributed by atoms with Crippen molar-refractivity contribution < 1.29 is 0 Å². The molecule has 0 aliphatic heterocycles. The fourth-order valence-electron chi connectivity index (χ4n) is 2.70. The number of unbranched alkanes of at least 4 members (excludes halogenated alkanes) is 4. The van der Waals surface area contributed by atoms with Crippen molar-refractivity contribution in [1.29, 1.82) is 0 Å². The Morgan fingerprint density at radius 1 is 1.04 bits per heavy atom. The molecular formula is C23H40. The van der Waals surface area contributed by atoms with Gasteiger partial charge in [-0.2, -0.15) is 0 Å². The predicted octanol–water partition coefficient (Wildman–Crippen LogP) is 8.06. The zero-order valence-corrected chi connectivity index (χ0v) is 16.0. The van der Waals surface area contributed by atoms with Crippen LogP contribution in [-0.4, -0.2) is 0 Å². The Kier molecular flexibility index (Phi) is 19.5. The molecule has 2 rings (SSSR count). The molecule has 0 N–H and O–H groups in total. The minimum absolute atomic E-state index is 0.833. The van der Waals surface area contributed by atoms with Gasteiger partial charge in [-0.25, -0.2) is 0 Å². The van der Waals surface area contributed by atoms with Crippen molar-refractivity contribution >= 4 is 0 Å². The third-order valence-electron chi connectivity index (χ3n) is 4.07. The first-order valence-corrected chi connectivity index (χ1v) is 9.28. The van der Waals surface area contributed by atoms with E-state index in [0.717, 1.165) is 18.3 Å². The van der Waals surface area contributed by atoms with E-state index in [1.54, 1.807) is 5.57 Å². The van der Waals surface area contributed by atoms with E-state index in [1.165, 1.54) is 44.9 Å². The number of hydrogen-bond donors (Lipinski definition) is 0. The molecule has 2 unspecified atom stereocenters. The lowest BCUT2D eigenvalue weighted by atomic mass is 10.0. The summed E-state index contributed by atoms with van der Waals surface area (Å²) in [4.78, 5) is 0. The summed E-state index contributed by atoms with van der Waals surface area (Å²) in [7, 11) is 0. The maximum Gasteiger partial charge on any atom is -0.00174 e. The standard InChI is InChI=1S/C9H12.C8H16.C4H8.C2H4/c1-2-8-5-7-3-4-9(8)6-7;1-3-5-7-8-6-4-2;1-3-4-2;1-2/h2-4,7,9H,5-6H2,1H3;3H,1,4-8H2,2H3;3H,1,4H2,2H3;1-2H2/b8-2-;;;. The van der Waals surface area contributed by atoms with Gasteiger partial charge in [-0.05, 0) is 50.9 Å². The molecule has 2 aliphatic rings. The van der Waals surface area contributed by atoms with Gasteiger partial charge in [0.1, 0.15) is 0 Å². The van der Waals surface area contributed by atoms with Crippen molar-refractivity contribution in [2.75, 3.05) is 0 Å². The molecule has 0 saturated heterocycles. The van der Waals surface area contributed by atoms with Crippen LogP contribution < -0.4 is 0 Å². The smallest absolute Gasteiger partial charge is 0.00174 e. The van der Waals surface area contributed by atoms with Crippen LogP contribution in [0.3, 0.4) is 0 Å². The molecule has 0 heterocycles. The largest absolute Gasteiger partial charge is 0.106 e. The summed E-state index contributed by atoms with van der Waals surface area (Å²) in [6.07, 6.45) is 21.3. The number of rotatable bonds is 6. The van der Waals surface area contributed by atoms with Crippen LogP contribution in [0, 0.1) is 11.8 Å². The van der Waals surface area contributed by atoms with Crippen LogP contribution >= 0.6 is 0 Å². The molecule has 2 atom stereocenters. The molecular weight excluding hydrogens is 276 g/mol. The maximum absolute atomic E-state index is 3.66. The van der Waals surface area contributed by atoms with E-state index in [4.69, 9.17) is 0 Å². The first-order valence-electron chi connectivity index (χ1n) is 9.28. The van der Waals surface area contributed by atoms with Gasteiger partial charge in [0.15, 0.2) is 0 Å². The Bertz CT molecular complexity index is 332. The van der Waals surface area contributed by atoms with Crippen LogP contribution in [-0.2, 0) is 0 Å². The van der Waals surface area contributed by atoms with Gasteiger partial charge >= 0.3 is 0 Å². The minimum atomic E-state index is 0.833. The van der Waals surface area contributed by atoms with E-state index in [-0.39, 0.29) is 0 Å². The third-order valence-corrected chi connectivity index (χ3v) is 4.07. The zero-order valence-electron chi connectivity index (χ0n) is 16.0. The molecule has 132 valence electrons. The lowest BCUT2D eigenvalue weighted by Crippen LogP contribution is -1.90. The quantitative estimate of drug-likeness (QED) is 0.343. The second-order valence-electron chi connectivity index (χ2n) is 5.89. The van der Waals surface area contributed by atoms with Gasteiger partial charge in [0, 0.05) is 0 Å². The summed E-state index contributed by atoms with van der Waals surface area (Å²) in [5.41, 5.74) is 1.67. The number of hydrogen-bond acceptors (Lipinski definition) is 0. The average Bonchev–Trinajstić information content (AvgIpc) is 3.24. The molecule has 23 heavy (non-hydrogen) atoms. The molecule has 0 amide bonds. The topological polar surface area (TPSA) is 0 Å². The lowest BCUT2D eigenvalue weighted by Gasteiger charge is -2.05. The monoisotopic (exact) mass is 316 g/mol. The van der Waals surface area contributed by atoms with Gasteiger partial charge in [0.25, 0.3) is 0 Å². The van der Waals surface area contributed by atoms with E-state index in [2.05, 4.69) is 65.3 Å². The van der Waals surface area contributed by atoms with E-state index in [1.807, 2.05) is 12.2 Å². The summed E-state index contributed by atoms with van der Waals surface area (Å²) in [6, 6.07) is 0. The zero-order chi connectivity index (χ0) is 17.9. The van der Waals surface area contributed by atoms with Gasteiger partial charge < -0.3 is 0 Å². The summed E-state index contributed by atoms with van der Waals surface area (Å²) in [5.74, 6) is 1.74. The van der Waals surface area contributed by atoms with Gasteiger partial charge in [0.2, 0.25) is 0 Å². The summed E-state index contributed by atoms with van der Waals surface area (Å²) < 4.78 is 0. The highest BCUT2D eigenvalue weighted by molar-refractivity contribution is 5.26. The highest BCUT2D eigenvalue weighted by Gasteiger charge is 2.29. The summed E-state index contributed by atoms with van der Waals surface area (Å²) >= 11 is 0. The first-order chi connectivity index (χ1) is 11.2. The predicted molar refractivity (Wildman–Crippen MR) is 110 cm³/mol. The molecule has 1 fully saturated rings. The van der Waals surface area contributed by atoms with E-state index in [9.17, 15) is 0 Å². The molecule has 0 nitrogen and oxygen atoms in total. The van der Waals surface area contributed by atoms with Gasteiger partial charge in [-0.15, -0.1) is 26.3 Å². The highest BCUT2D eigenvalue weighted by atomic mass is 14.3. The Morgan fingerprint density at radius 3 is 2.00 bits per heavy atom. The van der Waals surface area contributed by atoms with Crippen molar-refractivity contribution in [2.24, 2.45) is 11.8 Å². The Balaban J connectivity index is 0. The van der Waals surface area contributed by atoms with Crippen molar-refractivity contribution in [2.45, 2.75) is 72.1 Å². The molecule has 0 heteroatoms. The highest BCUT2D eigenvalue weighted by Crippen LogP contribution is 2.42. The molecule has 1 saturated carbocycles. The van der Waals surface area contributed by atoms with Crippen LogP contribution in [0.5, 0.6) is 0 Å². The lowest BCUT2D eigenvalue weighted by molar-refractivity contribution is 0.675. The average molecular weight is 317 g/mol. The van der Waals surface area contributed by atoms with Gasteiger partial charge in [0.05, 0.1) is 0 Å². The van der Waals surface area contributed by atoms with Crippen LogP contribution in [0.2, 0.25) is 0 Å². The fourth-order valence-corrected chi connectivity index (χ4v) is 2.70. The summed E-state index contributed by atoms with van der Waals surface area (Å²) in [6.45, 7) is 19.6. The second kappa shape index (κ2) is 18.7. The molecule has 2 aliphatic carbocycles. The first kappa shape index (κ1) is 24.0. The van der Waals surface area contributed by atoms with Crippen molar-refractivity contribution in [1.82, 2.24) is 0 Å². The van der Waals surface area contributed by atoms with Crippen molar-refractivity contribution in [3.63, 3.8) is 0 Å². The Hall–Kier alpha value is -1.30. The molecule has 0 radical (unpaired) electrons. The minimum Gasteiger partial charge on any atom is -0.106 e. The van der Waals surface area contributed by atoms with E-state index in [0.29, 0.717) is 0 Å². The van der Waals surface area contributed by atoms with Crippen LogP contribution in [0.4, 0.5) is 0 Å². The third kappa shape index (κ3) is 12.9. The van der Waals surface area contributed by atoms with Crippen LogP contribution in [0.25, 0.3) is 0 Å². The Morgan fingerprint density at radius 2 is 1.70 bits per heavy atom. The molecule has 0 aromatic rings. The van der Waals surface area contributed by atoms with Crippen molar-refractivity contribution in [3.05, 3.63) is 62.3 Å².